The van der Waals surface area contributed by atoms with Gasteiger partial charge in [0, 0.05) is 31.7 Å². The summed E-state index contributed by atoms with van der Waals surface area (Å²) in [7, 11) is 0. The molecule has 1 aliphatic rings. The van der Waals surface area contributed by atoms with Gasteiger partial charge in [0.1, 0.15) is 5.60 Å². The van der Waals surface area contributed by atoms with Crippen molar-refractivity contribution < 1.29 is 19.0 Å². The highest BCUT2D eigenvalue weighted by Crippen LogP contribution is 2.30. The van der Waals surface area contributed by atoms with Gasteiger partial charge in [0.05, 0.1) is 24.1 Å². The van der Waals surface area contributed by atoms with Gasteiger partial charge >= 0.3 is 0 Å². The summed E-state index contributed by atoms with van der Waals surface area (Å²) in [5.74, 6) is -0.351. The number of nitrogens with two attached hydrogens (primary N) is 1. The maximum absolute atomic E-state index is 13.7. The van der Waals surface area contributed by atoms with Gasteiger partial charge in [-0.15, -0.1) is 0 Å². The van der Waals surface area contributed by atoms with Crippen LogP contribution >= 0.6 is 0 Å². The van der Waals surface area contributed by atoms with E-state index in [0.29, 0.717) is 25.3 Å². The summed E-state index contributed by atoms with van der Waals surface area (Å²) in [5, 5.41) is 13.2. The SMILES string of the molecule is CC(C)Oc1cc(NCC2(O)CCOC2)c(N)cc1F. The molecular formula is C14H21FN2O3. The van der Waals surface area contributed by atoms with Gasteiger partial charge in [-0.3, -0.25) is 0 Å². The number of ether oxygens (including phenoxy) is 2. The second-order valence-corrected chi connectivity index (χ2v) is 5.42. The maximum Gasteiger partial charge on any atom is 0.167 e. The van der Waals surface area contributed by atoms with Crippen LogP contribution in [0.1, 0.15) is 20.3 Å². The summed E-state index contributed by atoms with van der Waals surface area (Å²) in [6, 6.07) is 2.74. The molecule has 0 aliphatic carbocycles. The van der Waals surface area contributed by atoms with Crippen LogP contribution in [-0.4, -0.2) is 36.6 Å². The summed E-state index contributed by atoms with van der Waals surface area (Å²) >= 11 is 0. The monoisotopic (exact) mass is 284 g/mol. The lowest BCUT2D eigenvalue weighted by molar-refractivity contribution is 0.0382. The van der Waals surface area contributed by atoms with Crippen LogP contribution < -0.4 is 15.8 Å². The summed E-state index contributed by atoms with van der Waals surface area (Å²) in [4.78, 5) is 0. The van der Waals surface area contributed by atoms with Gasteiger partial charge in [-0.2, -0.15) is 0 Å². The molecule has 4 N–H and O–H groups in total. The molecule has 20 heavy (non-hydrogen) atoms. The minimum atomic E-state index is -0.903. The smallest absolute Gasteiger partial charge is 0.167 e. The van der Waals surface area contributed by atoms with Crippen LogP contribution in [0.3, 0.4) is 0 Å². The van der Waals surface area contributed by atoms with Crippen molar-refractivity contribution in [3.8, 4) is 5.75 Å². The molecule has 0 saturated carbocycles. The van der Waals surface area contributed by atoms with Crippen LogP contribution in [0.25, 0.3) is 0 Å². The van der Waals surface area contributed by atoms with E-state index in [-0.39, 0.29) is 24.1 Å². The number of anilines is 2. The fourth-order valence-electron chi connectivity index (χ4n) is 2.06. The summed E-state index contributed by atoms with van der Waals surface area (Å²) in [6.45, 7) is 4.77. The summed E-state index contributed by atoms with van der Waals surface area (Å²) < 4.78 is 24.3. The van der Waals surface area contributed by atoms with Gasteiger partial charge < -0.3 is 25.6 Å². The van der Waals surface area contributed by atoms with Gasteiger partial charge in [-0.05, 0) is 13.8 Å². The number of hydrogen-bond acceptors (Lipinski definition) is 5. The van der Waals surface area contributed by atoms with Crippen molar-refractivity contribution in [2.75, 3.05) is 30.8 Å². The molecule has 1 aliphatic heterocycles. The molecule has 1 unspecified atom stereocenters. The molecule has 6 heteroatoms. The third kappa shape index (κ3) is 3.52. The predicted molar refractivity (Wildman–Crippen MR) is 75.5 cm³/mol. The number of nitrogen functional groups attached to an aromatic ring is 1. The molecule has 112 valence electrons. The highest BCUT2D eigenvalue weighted by atomic mass is 19.1. The van der Waals surface area contributed by atoms with Gasteiger partial charge in [-0.25, -0.2) is 4.39 Å². The maximum atomic E-state index is 13.7. The van der Waals surface area contributed by atoms with Crippen molar-refractivity contribution in [1.29, 1.82) is 0 Å². The highest BCUT2D eigenvalue weighted by molar-refractivity contribution is 5.68. The Labute approximate surface area is 117 Å². The predicted octanol–water partition coefficient (Wildman–Crippen LogP) is 1.76. The molecule has 1 aromatic carbocycles. The lowest BCUT2D eigenvalue weighted by Crippen LogP contribution is -2.37. The van der Waals surface area contributed by atoms with E-state index in [1.165, 1.54) is 12.1 Å². The van der Waals surface area contributed by atoms with Gasteiger partial charge in [0.15, 0.2) is 11.6 Å². The number of halogens is 1. The van der Waals surface area contributed by atoms with Gasteiger partial charge in [0.25, 0.3) is 0 Å². The van der Waals surface area contributed by atoms with Crippen LogP contribution in [0.5, 0.6) is 5.75 Å². The number of hydrogen-bond donors (Lipinski definition) is 3. The van der Waals surface area contributed by atoms with E-state index in [0.717, 1.165) is 0 Å². The number of rotatable bonds is 5. The standard InChI is InChI=1S/C14H21FN2O3/c1-9(2)20-13-6-12(11(16)5-10(13)15)17-7-14(18)3-4-19-8-14/h5-6,9,17-18H,3-4,7-8,16H2,1-2H3. The topological polar surface area (TPSA) is 76.7 Å². The molecule has 0 bridgehead atoms. The second-order valence-electron chi connectivity index (χ2n) is 5.42. The van der Waals surface area contributed by atoms with Crippen LogP contribution in [0, 0.1) is 5.82 Å². The first-order chi connectivity index (χ1) is 9.39. The zero-order valence-corrected chi connectivity index (χ0v) is 11.8. The van der Waals surface area contributed by atoms with E-state index < -0.39 is 11.4 Å². The summed E-state index contributed by atoms with van der Waals surface area (Å²) in [5.41, 5.74) is 5.70. The largest absolute Gasteiger partial charge is 0.488 e. The Morgan fingerprint density at radius 2 is 2.30 bits per heavy atom. The fourth-order valence-corrected chi connectivity index (χ4v) is 2.06. The number of aliphatic hydroxyl groups is 1. The second kappa shape index (κ2) is 5.85. The lowest BCUT2D eigenvalue weighted by Gasteiger charge is -2.22. The van der Waals surface area contributed by atoms with Crippen molar-refractivity contribution in [3.05, 3.63) is 17.9 Å². The lowest BCUT2D eigenvalue weighted by atomic mass is 10.0. The first kappa shape index (κ1) is 14.9. The van der Waals surface area contributed by atoms with Crippen LogP contribution in [0.4, 0.5) is 15.8 Å². The van der Waals surface area contributed by atoms with Crippen LogP contribution in [-0.2, 0) is 4.74 Å². The Hall–Kier alpha value is -1.53. The average Bonchev–Trinajstić information content (AvgIpc) is 2.78. The number of benzene rings is 1. The first-order valence-corrected chi connectivity index (χ1v) is 6.69. The Morgan fingerprint density at radius 1 is 1.55 bits per heavy atom. The molecule has 0 amide bonds. The molecule has 0 aromatic heterocycles. The molecular weight excluding hydrogens is 263 g/mol. The van der Waals surface area contributed by atoms with E-state index in [2.05, 4.69) is 5.32 Å². The van der Waals surface area contributed by atoms with E-state index in [4.69, 9.17) is 15.2 Å². The van der Waals surface area contributed by atoms with E-state index in [1.54, 1.807) is 0 Å². The van der Waals surface area contributed by atoms with Gasteiger partial charge in [-0.1, -0.05) is 0 Å². The summed E-state index contributed by atoms with van der Waals surface area (Å²) in [6.07, 6.45) is 0.435. The van der Waals surface area contributed by atoms with Crippen LogP contribution in [0.15, 0.2) is 12.1 Å². The van der Waals surface area contributed by atoms with Gasteiger partial charge in [0.2, 0.25) is 0 Å². The van der Waals surface area contributed by atoms with Crippen molar-refractivity contribution in [2.45, 2.75) is 32.0 Å². The molecule has 0 spiro atoms. The van der Waals surface area contributed by atoms with Crippen molar-refractivity contribution in [2.24, 2.45) is 0 Å². The third-order valence-corrected chi connectivity index (χ3v) is 3.16. The van der Waals surface area contributed by atoms with Crippen molar-refractivity contribution in [1.82, 2.24) is 0 Å². The molecule has 1 aromatic rings. The van der Waals surface area contributed by atoms with E-state index in [1.807, 2.05) is 13.8 Å². The normalized spacial score (nSPS) is 22.2. The molecule has 1 atom stereocenters. The Morgan fingerprint density at radius 3 is 2.90 bits per heavy atom. The molecule has 1 fully saturated rings. The zero-order valence-electron chi connectivity index (χ0n) is 11.8. The average molecular weight is 284 g/mol. The van der Waals surface area contributed by atoms with Crippen molar-refractivity contribution >= 4 is 11.4 Å². The molecule has 0 radical (unpaired) electrons. The Bertz CT molecular complexity index is 474. The quantitative estimate of drug-likeness (QED) is 0.718. The Kier molecular flexibility index (Phi) is 4.35. The third-order valence-electron chi connectivity index (χ3n) is 3.16. The van der Waals surface area contributed by atoms with E-state index >= 15 is 0 Å². The molecule has 1 saturated heterocycles. The fraction of sp³-hybridized carbons (Fsp3) is 0.571. The first-order valence-electron chi connectivity index (χ1n) is 6.69. The van der Waals surface area contributed by atoms with E-state index in [9.17, 15) is 9.50 Å². The van der Waals surface area contributed by atoms with Crippen molar-refractivity contribution in [3.63, 3.8) is 0 Å². The zero-order chi connectivity index (χ0) is 14.8. The highest BCUT2D eigenvalue weighted by Gasteiger charge is 2.32. The number of nitrogens with one attached hydrogen (secondary N) is 1. The molecule has 2 rings (SSSR count). The van der Waals surface area contributed by atoms with Crippen LogP contribution in [0.2, 0.25) is 0 Å². The minimum absolute atomic E-state index is 0.131. The minimum Gasteiger partial charge on any atom is -0.488 e. The molecule has 1 heterocycles. The molecule has 5 nitrogen and oxygen atoms in total. The Balaban J connectivity index is 2.10.